The van der Waals surface area contributed by atoms with Crippen LogP contribution in [-0.2, 0) is 4.79 Å². The van der Waals surface area contributed by atoms with E-state index in [1.54, 1.807) is 0 Å². The summed E-state index contributed by atoms with van der Waals surface area (Å²) < 4.78 is 0. The SMILES string of the molecule is C#CCCNC(=O)C(C)CCCN. The molecule has 0 rings (SSSR count). The van der Waals surface area contributed by atoms with E-state index in [1.165, 1.54) is 0 Å². The van der Waals surface area contributed by atoms with E-state index >= 15 is 0 Å². The summed E-state index contributed by atoms with van der Waals surface area (Å²) in [6.07, 6.45) is 7.38. The number of amides is 1. The first kappa shape index (κ1) is 12.0. The van der Waals surface area contributed by atoms with E-state index in [2.05, 4.69) is 11.2 Å². The van der Waals surface area contributed by atoms with Gasteiger partial charge in [-0.25, -0.2) is 0 Å². The van der Waals surface area contributed by atoms with Gasteiger partial charge < -0.3 is 11.1 Å². The molecule has 1 amide bonds. The molecule has 0 saturated carbocycles. The highest BCUT2D eigenvalue weighted by Crippen LogP contribution is 2.03. The van der Waals surface area contributed by atoms with Crippen LogP contribution in [0, 0.1) is 18.3 Å². The Hall–Kier alpha value is -1.01. The number of nitrogens with two attached hydrogens (primary N) is 1. The van der Waals surface area contributed by atoms with Crippen LogP contribution in [0.5, 0.6) is 0 Å². The van der Waals surface area contributed by atoms with Crippen LogP contribution in [0.2, 0.25) is 0 Å². The monoisotopic (exact) mass is 182 g/mol. The van der Waals surface area contributed by atoms with Gasteiger partial charge in [0.1, 0.15) is 0 Å². The summed E-state index contributed by atoms with van der Waals surface area (Å²) in [6.45, 7) is 3.12. The molecule has 0 aliphatic heterocycles. The second kappa shape index (κ2) is 7.63. The van der Waals surface area contributed by atoms with Gasteiger partial charge >= 0.3 is 0 Å². The second-order valence-corrected chi connectivity index (χ2v) is 3.08. The first-order chi connectivity index (χ1) is 6.22. The van der Waals surface area contributed by atoms with Crippen LogP contribution in [-0.4, -0.2) is 19.0 Å². The van der Waals surface area contributed by atoms with E-state index < -0.39 is 0 Å². The number of terminal acetylenes is 1. The van der Waals surface area contributed by atoms with E-state index in [0.29, 0.717) is 19.5 Å². The van der Waals surface area contributed by atoms with Crippen molar-refractivity contribution in [3.63, 3.8) is 0 Å². The predicted octanol–water partition coefficient (Wildman–Crippen LogP) is 0.501. The maximum atomic E-state index is 11.3. The number of hydrogen-bond acceptors (Lipinski definition) is 2. The van der Waals surface area contributed by atoms with Crippen molar-refractivity contribution in [2.75, 3.05) is 13.1 Å². The Labute approximate surface area is 80.1 Å². The molecule has 74 valence electrons. The average Bonchev–Trinajstić information content (AvgIpc) is 2.14. The topological polar surface area (TPSA) is 55.1 Å². The molecule has 13 heavy (non-hydrogen) atoms. The Bertz CT molecular complexity index is 184. The summed E-state index contributed by atoms with van der Waals surface area (Å²) in [7, 11) is 0. The highest BCUT2D eigenvalue weighted by atomic mass is 16.1. The zero-order chi connectivity index (χ0) is 10.1. The lowest BCUT2D eigenvalue weighted by Crippen LogP contribution is -2.30. The van der Waals surface area contributed by atoms with Crippen molar-refractivity contribution in [3.8, 4) is 12.3 Å². The van der Waals surface area contributed by atoms with Gasteiger partial charge in [-0.05, 0) is 19.4 Å². The van der Waals surface area contributed by atoms with Crippen LogP contribution < -0.4 is 11.1 Å². The molecule has 3 N–H and O–H groups in total. The van der Waals surface area contributed by atoms with Crippen LogP contribution in [0.1, 0.15) is 26.2 Å². The number of nitrogens with one attached hydrogen (secondary N) is 1. The maximum Gasteiger partial charge on any atom is 0.222 e. The number of hydrogen-bond donors (Lipinski definition) is 2. The van der Waals surface area contributed by atoms with E-state index in [9.17, 15) is 4.79 Å². The quantitative estimate of drug-likeness (QED) is 0.464. The lowest BCUT2D eigenvalue weighted by Gasteiger charge is -2.10. The van der Waals surface area contributed by atoms with Gasteiger partial charge in [0.15, 0.2) is 0 Å². The molecule has 0 aliphatic carbocycles. The lowest BCUT2D eigenvalue weighted by molar-refractivity contribution is -0.124. The van der Waals surface area contributed by atoms with Crippen LogP contribution >= 0.6 is 0 Å². The van der Waals surface area contributed by atoms with Gasteiger partial charge in [-0.15, -0.1) is 12.3 Å². The summed E-state index contributed by atoms with van der Waals surface area (Å²) in [5, 5.41) is 2.77. The van der Waals surface area contributed by atoms with E-state index in [0.717, 1.165) is 12.8 Å². The molecule has 0 saturated heterocycles. The third kappa shape index (κ3) is 6.18. The summed E-state index contributed by atoms with van der Waals surface area (Å²) in [5.41, 5.74) is 5.34. The Morgan fingerprint density at radius 3 is 2.92 bits per heavy atom. The summed E-state index contributed by atoms with van der Waals surface area (Å²) >= 11 is 0. The van der Waals surface area contributed by atoms with Crippen LogP contribution in [0.15, 0.2) is 0 Å². The highest BCUT2D eigenvalue weighted by molar-refractivity contribution is 5.78. The first-order valence-electron chi connectivity index (χ1n) is 4.63. The lowest BCUT2D eigenvalue weighted by atomic mass is 10.1. The summed E-state index contributed by atoms with van der Waals surface area (Å²) in [6, 6.07) is 0. The smallest absolute Gasteiger partial charge is 0.222 e. The predicted molar refractivity (Wildman–Crippen MR) is 53.9 cm³/mol. The van der Waals surface area contributed by atoms with Gasteiger partial charge in [-0.3, -0.25) is 4.79 Å². The minimum atomic E-state index is 0.0429. The molecule has 1 atom stereocenters. The number of carbonyl (C=O) groups excluding carboxylic acids is 1. The fourth-order valence-electron chi connectivity index (χ4n) is 0.987. The van der Waals surface area contributed by atoms with Gasteiger partial charge in [0.25, 0.3) is 0 Å². The Kier molecular flexibility index (Phi) is 7.04. The summed E-state index contributed by atoms with van der Waals surface area (Å²) in [4.78, 5) is 11.3. The van der Waals surface area contributed by atoms with Crippen molar-refractivity contribution in [1.29, 1.82) is 0 Å². The number of rotatable bonds is 6. The fourth-order valence-corrected chi connectivity index (χ4v) is 0.987. The van der Waals surface area contributed by atoms with Crippen LogP contribution in [0.25, 0.3) is 0 Å². The molecule has 0 aliphatic rings. The third-order valence-corrected chi connectivity index (χ3v) is 1.86. The zero-order valence-electron chi connectivity index (χ0n) is 8.18. The standard InChI is InChI=1S/C10H18N2O/c1-3-4-8-12-10(13)9(2)6-5-7-11/h1,9H,4-8,11H2,2H3,(H,12,13). The molecule has 0 aromatic heterocycles. The molecule has 0 bridgehead atoms. The van der Waals surface area contributed by atoms with Gasteiger partial charge in [-0.1, -0.05) is 6.92 Å². The van der Waals surface area contributed by atoms with Crippen molar-refractivity contribution in [1.82, 2.24) is 5.32 Å². The van der Waals surface area contributed by atoms with Gasteiger partial charge in [-0.2, -0.15) is 0 Å². The summed E-state index contributed by atoms with van der Waals surface area (Å²) in [5.74, 6) is 2.59. The Balaban J connectivity index is 3.52. The Morgan fingerprint density at radius 1 is 1.69 bits per heavy atom. The molecule has 0 heterocycles. The van der Waals surface area contributed by atoms with E-state index in [1.807, 2.05) is 6.92 Å². The Morgan fingerprint density at radius 2 is 2.38 bits per heavy atom. The molecular weight excluding hydrogens is 164 g/mol. The average molecular weight is 182 g/mol. The van der Waals surface area contributed by atoms with Crippen molar-refractivity contribution >= 4 is 5.91 Å². The zero-order valence-corrected chi connectivity index (χ0v) is 8.18. The largest absolute Gasteiger partial charge is 0.355 e. The van der Waals surface area contributed by atoms with E-state index in [-0.39, 0.29) is 11.8 Å². The van der Waals surface area contributed by atoms with Crippen LogP contribution in [0.4, 0.5) is 0 Å². The van der Waals surface area contributed by atoms with Gasteiger partial charge in [0.05, 0.1) is 0 Å². The first-order valence-corrected chi connectivity index (χ1v) is 4.63. The normalized spacial score (nSPS) is 11.8. The number of carbonyl (C=O) groups is 1. The van der Waals surface area contributed by atoms with Crippen LogP contribution in [0.3, 0.4) is 0 Å². The molecule has 3 heteroatoms. The molecule has 0 fully saturated rings. The highest BCUT2D eigenvalue weighted by Gasteiger charge is 2.10. The third-order valence-electron chi connectivity index (χ3n) is 1.86. The van der Waals surface area contributed by atoms with Crippen molar-refractivity contribution in [2.24, 2.45) is 11.7 Å². The second-order valence-electron chi connectivity index (χ2n) is 3.08. The minimum Gasteiger partial charge on any atom is -0.355 e. The maximum absolute atomic E-state index is 11.3. The van der Waals surface area contributed by atoms with Crippen molar-refractivity contribution in [2.45, 2.75) is 26.2 Å². The molecular formula is C10H18N2O. The van der Waals surface area contributed by atoms with Gasteiger partial charge in [0, 0.05) is 18.9 Å². The van der Waals surface area contributed by atoms with E-state index in [4.69, 9.17) is 12.2 Å². The van der Waals surface area contributed by atoms with Crippen molar-refractivity contribution < 1.29 is 4.79 Å². The molecule has 0 aromatic carbocycles. The molecule has 0 spiro atoms. The molecule has 3 nitrogen and oxygen atoms in total. The minimum absolute atomic E-state index is 0.0429. The van der Waals surface area contributed by atoms with Crippen molar-refractivity contribution in [3.05, 3.63) is 0 Å². The molecule has 1 unspecified atom stereocenters. The molecule has 0 radical (unpaired) electrons. The molecule has 0 aromatic rings. The fraction of sp³-hybridized carbons (Fsp3) is 0.700. The van der Waals surface area contributed by atoms with Gasteiger partial charge in [0.2, 0.25) is 5.91 Å².